The molecule has 2 amide bonds. The molecule has 2 N–H and O–H groups in total. The summed E-state index contributed by atoms with van der Waals surface area (Å²) in [6, 6.07) is 5.20. The van der Waals surface area contributed by atoms with Gasteiger partial charge in [-0.05, 0) is 88.5 Å². The number of rotatable bonds is 9. The number of benzene rings is 1. The number of carbonyl (C=O) groups is 2. The van der Waals surface area contributed by atoms with Crippen molar-refractivity contribution in [1.29, 1.82) is 0 Å². The molecule has 37 heavy (non-hydrogen) atoms. The van der Waals surface area contributed by atoms with Gasteiger partial charge in [-0.15, -0.1) is 0 Å². The number of likely N-dealkylation sites (N-methyl/N-ethyl adjacent to an activating group) is 1. The summed E-state index contributed by atoms with van der Waals surface area (Å²) >= 11 is 0. The molecule has 1 fully saturated rings. The Kier molecular flexibility index (Phi) is 8.60. The lowest BCUT2D eigenvalue weighted by Crippen LogP contribution is -2.42. The molecular formula is C27H39N3O6S. The molecule has 1 aromatic carbocycles. The van der Waals surface area contributed by atoms with E-state index in [0.717, 1.165) is 55.5 Å². The fourth-order valence-electron chi connectivity index (χ4n) is 5.71. The Hall–Kier alpha value is -2.43. The van der Waals surface area contributed by atoms with E-state index in [1.807, 2.05) is 6.92 Å². The van der Waals surface area contributed by atoms with Gasteiger partial charge in [-0.2, -0.15) is 0 Å². The topological polar surface area (TPSA) is 118 Å². The molecule has 0 spiro atoms. The SMILES string of the molecule is CCN(CC(=O)NCC(C)O)C(=O)c1ccc2c(c1)c1c(n2S(=O)(=O)CC)CCC(C2CCOCC2)C1. The first kappa shape index (κ1) is 27.6. The Bertz CT molecular complexity index is 1250. The van der Waals surface area contributed by atoms with Crippen LogP contribution in [0, 0.1) is 11.8 Å². The van der Waals surface area contributed by atoms with E-state index in [1.165, 1.54) is 8.87 Å². The minimum absolute atomic E-state index is 0.00151. The van der Waals surface area contributed by atoms with Crippen LogP contribution < -0.4 is 5.32 Å². The third-order valence-electron chi connectivity index (χ3n) is 7.77. The molecule has 2 heterocycles. The number of nitrogens with zero attached hydrogens (tertiary/aromatic N) is 2. The molecule has 4 rings (SSSR count). The molecule has 0 radical (unpaired) electrons. The minimum atomic E-state index is -3.52. The second-order valence-corrected chi connectivity index (χ2v) is 12.4. The quantitative estimate of drug-likeness (QED) is 0.511. The van der Waals surface area contributed by atoms with Crippen LogP contribution in [-0.4, -0.2) is 78.9 Å². The van der Waals surface area contributed by atoms with Crippen molar-refractivity contribution in [2.24, 2.45) is 11.8 Å². The molecule has 0 bridgehead atoms. The summed E-state index contributed by atoms with van der Waals surface area (Å²) in [4.78, 5) is 27.1. The van der Waals surface area contributed by atoms with E-state index in [0.29, 0.717) is 35.9 Å². The predicted molar refractivity (Wildman–Crippen MR) is 142 cm³/mol. The summed E-state index contributed by atoms with van der Waals surface area (Å²) in [5, 5.41) is 12.8. The van der Waals surface area contributed by atoms with Crippen LogP contribution in [0.15, 0.2) is 18.2 Å². The fraction of sp³-hybridized carbons (Fsp3) is 0.630. The van der Waals surface area contributed by atoms with Gasteiger partial charge >= 0.3 is 0 Å². The first-order valence-corrected chi connectivity index (χ1v) is 15.0. The average Bonchev–Trinajstić information content (AvgIpc) is 3.24. The Morgan fingerprint density at radius 1 is 1.19 bits per heavy atom. The number of aliphatic hydroxyl groups is 1. The van der Waals surface area contributed by atoms with Gasteiger partial charge in [-0.25, -0.2) is 12.4 Å². The molecule has 2 aromatic rings. The molecule has 204 valence electrons. The van der Waals surface area contributed by atoms with Gasteiger partial charge in [0, 0.05) is 42.9 Å². The highest BCUT2D eigenvalue weighted by molar-refractivity contribution is 7.90. The van der Waals surface area contributed by atoms with Crippen LogP contribution in [0.1, 0.15) is 61.6 Å². The zero-order chi connectivity index (χ0) is 26.7. The van der Waals surface area contributed by atoms with E-state index < -0.39 is 16.1 Å². The molecule has 9 nitrogen and oxygen atoms in total. The fourth-order valence-corrected chi connectivity index (χ4v) is 6.97. The van der Waals surface area contributed by atoms with E-state index in [2.05, 4.69) is 5.32 Å². The number of aliphatic hydroxyl groups excluding tert-OH is 1. The van der Waals surface area contributed by atoms with Crippen LogP contribution in [0.5, 0.6) is 0 Å². The predicted octanol–water partition coefficient (Wildman–Crippen LogP) is 2.33. The van der Waals surface area contributed by atoms with Crippen LogP contribution >= 0.6 is 0 Å². The lowest BCUT2D eigenvalue weighted by molar-refractivity contribution is -0.122. The maximum absolute atomic E-state index is 13.4. The Morgan fingerprint density at radius 3 is 2.57 bits per heavy atom. The highest BCUT2D eigenvalue weighted by Gasteiger charge is 2.34. The summed E-state index contributed by atoms with van der Waals surface area (Å²) in [6.45, 7) is 6.94. The summed E-state index contributed by atoms with van der Waals surface area (Å²) in [6.07, 6.45) is 3.82. The molecule has 1 aliphatic carbocycles. The van der Waals surface area contributed by atoms with Crippen molar-refractivity contribution < 1.29 is 27.9 Å². The normalized spacial score (nSPS) is 19.4. The van der Waals surface area contributed by atoms with Gasteiger partial charge in [0.25, 0.3) is 5.91 Å². The average molecular weight is 534 g/mol. The van der Waals surface area contributed by atoms with Crippen molar-refractivity contribution in [1.82, 2.24) is 14.2 Å². The van der Waals surface area contributed by atoms with Crippen molar-refractivity contribution in [3.8, 4) is 0 Å². The van der Waals surface area contributed by atoms with Gasteiger partial charge in [-0.3, -0.25) is 9.59 Å². The minimum Gasteiger partial charge on any atom is -0.392 e. The number of hydrogen-bond donors (Lipinski definition) is 2. The molecule has 2 unspecified atom stereocenters. The Labute approximate surface area is 219 Å². The molecule has 1 aliphatic heterocycles. The zero-order valence-electron chi connectivity index (χ0n) is 22.0. The van der Waals surface area contributed by atoms with Crippen LogP contribution in [0.25, 0.3) is 10.9 Å². The van der Waals surface area contributed by atoms with Gasteiger partial charge < -0.3 is 20.1 Å². The highest BCUT2D eigenvalue weighted by Crippen LogP contribution is 2.40. The number of aromatic nitrogens is 1. The lowest BCUT2D eigenvalue weighted by Gasteiger charge is -2.33. The van der Waals surface area contributed by atoms with E-state index in [9.17, 15) is 23.1 Å². The van der Waals surface area contributed by atoms with Crippen molar-refractivity contribution in [3.05, 3.63) is 35.0 Å². The maximum Gasteiger partial charge on any atom is 0.254 e. The van der Waals surface area contributed by atoms with Gasteiger partial charge in [0.05, 0.1) is 23.9 Å². The third kappa shape index (κ3) is 5.86. The van der Waals surface area contributed by atoms with Crippen LogP contribution in [-0.2, 0) is 32.4 Å². The smallest absolute Gasteiger partial charge is 0.254 e. The van der Waals surface area contributed by atoms with Crippen LogP contribution in [0.4, 0.5) is 0 Å². The summed E-state index contributed by atoms with van der Waals surface area (Å²) in [5.74, 6) is 0.396. The van der Waals surface area contributed by atoms with Crippen LogP contribution in [0.2, 0.25) is 0 Å². The third-order valence-corrected chi connectivity index (χ3v) is 9.48. The standard InChI is InChI=1S/C27H39N3O6S/c1-4-29(17-26(32)28-16-18(3)31)27(33)21-7-9-25-23(15-21)22-14-20(19-10-12-36-13-11-19)6-8-24(22)30(25)37(34,35)5-2/h7,9,15,18-20,31H,4-6,8,10-14,16-17H2,1-3H3,(H,28,32). The highest BCUT2D eigenvalue weighted by atomic mass is 32.2. The lowest BCUT2D eigenvalue weighted by atomic mass is 9.75. The van der Waals surface area contributed by atoms with Crippen molar-refractivity contribution in [2.45, 2.75) is 59.0 Å². The van der Waals surface area contributed by atoms with Gasteiger partial charge in [0.2, 0.25) is 15.9 Å². The number of carbonyl (C=O) groups excluding carboxylic acids is 2. The molecule has 0 saturated carbocycles. The second-order valence-electron chi connectivity index (χ2n) is 10.2. The number of fused-ring (bicyclic) bond motifs is 3. The van der Waals surface area contributed by atoms with E-state index >= 15 is 0 Å². The number of amides is 2. The first-order chi connectivity index (χ1) is 17.7. The number of nitrogens with one attached hydrogen (secondary N) is 1. The Morgan fingerprint density at radius 2 is 1.92 bits per heavy atom. The molecule has 2 aliphatic rings. The van der Waals surface area contributed by atoms with E-state index in [4.69, 9.17) is 4.74 Å². The largest absolute Gasteiger partial charge is 0.392 e. The van der Waals surface area contributed by atoms with E-state index in [-0.39, 0.29) is 30.7 Å². The summed E-state index contributed by atoms with van der Waals surface area (Å²) < 4.78 is 33.4. The molecular weight excluding hydrogens is 494 g/mol. The molecule has 1 saturated heterocycles. The second kappa shape index (κ2) is 11.5. The van der Waals surface area contributed by atoms with Crippen molar-refractivity contribution in [3.63, 3.8) is 0 Å². The summed E-state index contributed by atoms with van der Waals surface area (Å²) in [7, 11) is -3.52. The van der Waals surface area contributed by atoms with Gasteiger partial charge in [0.1, 0.15) is 0 Å². The van der Waals surface area contributed by atoms with Crippen LogP contribution in [0.3, 0.4) is 0 Å². The number of ether oxygens (including phenoxy) is 1. The maximum atomic E-state index is 13.4. The van der Waals surface area contributed by atoms with Gasteiger partial charge in [-0.1, -0.05) is 0 Å². The molecule has 2 atom stereocenters. The van der Waals surface area contributed by atoms with Crippen molar-refractivity contribution >= 4 is 32.7 Å². The number of hydrogen-bond acceptors (Lipinski definition) is 6. The molecule has 10 heteroatoms. The Balaban J connectivity index is 1.69. The molecule has 1 aromatic heterocycles. The van der Waals surface area contributed by atoms with Gasteiger partial charge in [0.15, 0.2) is 0 Å². The van der Waals surface area contributed by atoms with Crippen molar-refractivity contribution in [2.75, 3.05) is 38.6 Å². The first-order valence-electron chi connectivity index (χ1n) is 13.4. The zero-order valence-corrected chi connectivity index (χ0v) is 22.8. The monoisotopic (exact) mass is 533 g/mol. The summed E-state index contributed by atoms with van der Waals surface area (Å²) in [5.41, 5.74) is 2.92. The van der Waals surface area contributed by atoms with E-state index in [1.54, 1.807) is 32.0 Å².